The molecule has 2 unspecified atom stereocenters. The van der Waals surface area contributed by atoms with E-state index in [0.29, 0.717) is 18.2 Å². The van der Waals surface area contributed by atoms with Crippen LogP contribution in [0, 0.1) is 5.92 Å². The van der Waals surface area contributed by atoms with Crippen LogP contribution in [-0.2, 0) is 6.54 Å². The van der Waals surface area contributed by atoms with Gasteiger partial charge in [0.05, 0.1) is 13.2 Å². The van der Waals surface area contributed by atoms with E-state index in [0.717, 1.165) is 25.6 Å². The van der Waals surface area contributed by atoms with Crippen LogP contribution in [0.5, 0.6) is 5.75 Å². The molecule has 1 fully saturated rings. The molecule has 1 aliphatic heterocycles. The fourth-order valence-corrected chi connectivity index (χ4v) is 2.55. The number of rotatable bonds is 3. The molecule has 2 atom stereocenters. The summed E-state index contributed by atoms with van der Waals surface area (Å²) in [6.07, 6.45) is 3.26. The molecule has 1 saturated heterocycles. The number of hydrogen-bond acceptors (Lipinski definition) is 5. The molecular formula is C13H19NO4. The maximum Gasteiger partial charge on any atom is 0.226 e. The summed E-state index contributed by atoms with van der Waals surface area (Å²) in [7, 11) is 0. The van der Waals surface area contributed by atoms with E-state index in [4.69, 9.17) is 9.52 Å². The predicted molar refractivity (Wildman–Crippen MR) is 66.3 cm³/mol. The first-order chi connectivity index (χ1) is 8.61. The number of aliphatic hydroxyl groups excluding tert-OH is 1. The average molecular weight is 253 g/mol. The van der Waals surface area contributed by atoms with E-state index >= 15 is 0 Å². The van der Waals surface area contributed by atoms with E-state index in [-0.39, 0.29) is 18.4 Å². The maximum absolute atomic E-state index is 11.3. The Bertz CT molecular complexity index is 457. The Morgan fingerprint density at radius 2 is 2.33 bits per heavy atom. The van der Waals surface area contributed by atoms with Crippen molar-refractivity contribution in [3.63, 3.8) is 0 Å². The number of hydrogen-bond donors (Lipinski definition) is 2. The summed E-state index contributed by atoms with van der Waals surface area (Å²) in [6, 6.07) is 1.42. The Kier molecular flexibility index (Phi) is 4.04. The molecule has 2 N–H and O–H groups in total. The second-order valence-electron chi connectivity index (χ2n) is 4.94. The van der Waals surface area contributed by atoms with Crippen LogP contribution < -0.4 is 5.43 Å². The lowest BCUT2D eigenvalue weighted by molar-refractivity contribution is 0.0421. The Labute approximate surface area is 106 Å². The summed E-state index contributed by atoms with van der Waals surface area (Å²) in [5.41, 5.74) is -0.429. The van der Waals surface area contributed by atoms with Gasteiger partial charge in [0, 0.05) is 12.1 Å². The molecule has 0 aliphatic carbocycles. The molecule has 100 valence electrons. The van der Waals surface area contributed by atoms with Gasteiger partial charge in [-0.1, -0.05) is 6.92 Å². The highest BCUT2D eigenvalue weighted by Crippen LogP contribution is 2.24. The van der Waals surface area contributed by atoms with Crippen LogP contribution in [0.4, 0.5) is 0 Å². The third-order valence-electron chi connectivity index (χ3n) is 3.64. The number of nitrogens with zero attached hydrogens (tertiary/aromatic N) is 1. The van der Waals surface area contributed by atoms with Gasteiger partial charge in [-0.25, -0.2) is 0 Å². The minimum Gasteiger partial charge on any atom is -0.502 e. The molecule has 0 spiro atoms. The molecule has 2 heterocycles. The van der Waals surface area contributed by atoms with Gasteiger partial charge in [-0.2, -0.15) is 0 Å². The summed E-state index contributed by atoms with van der Waals surface area (Å²) >= 11 is 0. The van der Waals surface area contributed by atoms with E-state index in [1.807, 2.05) is 0 Å². The minimum absolute atomic E-state index is 0.109. The Balaban J connectivity index is 2.11. The maximum atomic E-state index is 11.3. The lowest BCUT2D eigenvalue weighted by Crippen LogP contribution is -2.46. The normalized spacial score (nSPS) is 25.2. The summed E-state index contributed by atoms with van der Waals surface area (Å²) in [5, 5.41) is 18.6. The van der Waals surface area contributed by atoms with E-state index in [1.165, 1.54) is 6.07 Å². The van der Waals surface area contributed by atoms with Crippen molar-refractivity contribution in [3.05, 3.63) is 28.3 Å². The Morgan fingerprint density at radius 3 is 3.00 bits per heavy atom. The topological polar surface area (TPSA) is 73.9 Å². The molecule has 1 aromatic heterocycles. The van der Waals surface area contributed by atoms with Gasteiger partial charge in [0.2, 0.25) is 5.43 Å². The van der Waals surface area contributed by atoms with Gasteiger partial charge in [-0.15, -0.1) is 0 Å². The second kappa shape index (κ2) is 5.54. The van der Waals surface area contributed by atoms with E-state index < -0.39 is 5.43 Å². The van der Waals surface area contributed by atoms with E-state index in [9.17, 15) is 9.90 Å². The van der Waals surface area contributed by atoms with Gasteiger partial charge in [-0.05, 0) is 25.3 Å². The van der Waals surface area contributed by atoms with Crippen LogP contribution >= 0.6 is 0 Å². The summed E-state index contributed by atoms with van der Waals surface area (Å²) in [5.74, 6) is 0.586. The van der Waals surface area contributed by atoms with Gasteiger partial charge in [-0.3, -0.25) is 9.69 Å². The van der Waals surface area contributed by atoms with Gasteiger partial charge < -0.3 is 14.6 Å². The first-order valence-corrected chi connectivity index (χ1v) is 6.27. The van der Waals surface area contributed by atoms with Crippen molar-refractivity contribution in [2.75, 3.05) is 13.2 Å². The largest absolute Gasteiger partial charge is 0.502 e. The molecule has 0 aromatic carbocycles. The standard InChI is InChI=1S/C13H19NO4/c1-9-3-2-4-14(11(9)7-15)6-10-5-12(16)13(17)8-18-10/h5,8-9,11,15,17H,2-4,6-7H2,1H3. The zero-order valence-corrected chi connectivity index (χ0v) is 10.5. The number of likely N-dealkylation sites (tertiary alicyclic amines) is 1. The third-order valence-corrected chi connectivity index (χ3v) is 3.64. The highest BCUT2D eigenvalue weighted by atomic mass is 16.4. The molecule has 5 heteroatoms. The number of aromatic hydroxyl groups is 1. The van der Waals surface area contributed by atoms with Crippen LogP contribution in [0.2, 0.25) is 0 Å². The third kappa shape index (κ3) is 2.73. The predicted octanol–water partition coefficient (Wildman–Crippen LogP) is 0.938. The van der Waals surface area contributed by atoms with Crippen molar-refractivity contribution in [3.8, 4) is 5.75 Å². The van der Waals surface area contributed by atoms with Crippen molar-refractivity contribution in [2.24, 2.45) is 5.92 Å². The summed E-state index contributed by atoms with van der Waals surface area (Å²) in [6.45, 7) is 3.62. The van der Waals surface area contributed by atoms with Crippen LogP contribution in [0.3, 0.4) is 0 Å². The number of aliphatic hydroxyl groups is 1. The SMILES string of the molecule is CC1CCCN(Cc2cc(=O)c(O)co2)C1CO. The zero-order valence-electron chi connectivity index (χ0n) is 10.5. The summed E-state index contributed by atoms with van der Waals surface area (Å²) in [4.78, 5) is 13.4. The molecule has 0 saturated carbocycles. The van der Waals surface area contributed by atoms with Crippen LogP contribution in [0.15, 0.2) is 21.5 Å². The Hall–Kier alpha value is -1.33. The van der Waals surface area contributed by atoms with Gasteiger partial charge in [0.15, 0.2) is 5.75 Å². The second-order valence-corrected chi connectivity index (χ2v) is 4.94. The fraction of sp³-hybridized carbons (Fsp3) is 0.615. The quantitative estimate of drug-likeness (QED) is 0.838. The van der Waals surface area contributed by atoms with Crippen LogP contribution in [0.25, 0.3) is 0 Å². The molecule has 0 radical (unpaired) electrons. The molecule has 0 bridgehead atoms. The monoisotopic (exact) mass is 253 g/mol. The molecule has 2 rings (SSSR count). The van der Waals surface area contributed by atoms with E-state index in [2.05, 4.69) is 11.8 Å². The highest BCUT2D eigenvalue weighted by Gasteiger charge is 2.28. The van der Waals surface area contributed by atoms with Crippen molar-refractivity contribution in [1.82, 2.24) is 4.90 Å². The van der Waals surface area contributed by atoms with Crippen molar-refractivity contribution in [1.29, 1.82) is 0 Å². The van der Waals surface area contributed by atoms with Crippen molar-refractivity contribution in [2.45, 2.75) is 32.4 Å². The van der Waals surface area contributed by atoms with Crippen molar-refractivity contribution >= 4 is 0 Å². The minimum atomic E-state index is -0.429. The molecular weight excluding hydrogens is 234 g/mol. The zero-order chi connectivity index (χ0) is 13.1. The first kappa shape index (κ1) is 13.1. The molecule has 18 heavy (non-hydrogen) atoms. The molecule has 1 aliphatic rings. The average Bonchev–Trinajstić information content (AvgIpc) is 2.34. The Morgan fingerprint density at radius 1 is 1.56 bits per heavy atom. The van der Waals surface area contributed by atoms with Gasteiger partial charge in [0.25, 0.3) is 0 Å². The number of piperidine rings is 1. The fourth-order valence-electron chi connectivity index (χ4n) is 2.55. The smallest absolute Gasteiger partial charge is 0.226 e. The first-order valence-electron chi connectivity index (χ1n) is 6.27. The van der Waals surface area contributed by atoms with Crippen molar-refractivity contribution < 1.29 is 14.6 Å². The highest BCUT2D eigenvalue weighted by molar-refractivity contribution is 5.15. The van der Waals surface area contributed by atoms with Crippen LogP contribution in [-0.4, -0.2) is 34.3 Å². The molecule has 5 nitrogen and oxygen atoms in total. The lowest BCUT2D eigenvalue weighted by atomic mass is 9.91. The van der Waals surface area contributed by atoms with Crippen LogP contribution in [0.1, 0.15) is 25.5 Å². The molecule has 1 aromatic rings. The van der Waals surface area contributed by atoms with Gasteiger partial charge >= 0.3 is 0 Å². The van der Waals surface area contributed by atoms with Gasteiger partial charge in [0.1, 0.15) is 12.0 Å². The lowest BCUT2D eigenvalue weighted by Gasteiger charge is -2.38. The summed E-state index contributed by atoms with van der Waals surface area (Å²) < 4.78 is 5.20. The molecule has 0 amide bonds. The van der Waals surface area contributed by atoms with E-state index in [1.54, 1.807) is 0 Å².